The molecule has 2 heteroatoms. The molecule has 1 unspecified atom stereocenters. The van der Waals surface area contributed by atoms with Gasteiger partial charge in [0.15, 0.2) is 0 Å². The lowest BCUT2D eigenvalue weighted by atomic mass is 10.00. The number of hydrogen-bond donors (Lipinski definition) is 1. The Bertz CT molecular complexity index is 505. The quantitative estimate of drug-likeness (QED) is 0.796. The highest BCUT2D eigenvalue weighted by Gasteiger charge is 2.10. The maximum Gasteiger partial charge on any atom is 0.0419 e. The molecule has 2 aromatic rings. The molecule has 2 nitrogen and oxygen atoms in total. The average molecular weight is 282 g/mol. The van der Waals surface area contributed by atoms with E-state index in [0.29, 0.717) is 6.04 Å². The Morgan fingerprint density at radius 1 is 0.952 bits per heavy atom. The Morgan fingerprint density at radius 2 is 1.71 bits per heavy atom. The van der Waals surface area contributed by atoms with Crippen LogP contribution in [0.25, 0.3) is 0 Å². The van der Waals surface area contributed by atoms with E-state index in [-0.39, 0.29) is 0 Å². The molecular weight excluding hydrogens is 256 g/mol. The standard InChI is InChI=1S/C19H26N2/c1-3-12-20-19(15-18-7-5-6-13-21-18)14-17-10-8-16(4-2)9-11-17/h5-11,13,19-20H,3-4,12,14-15H2,1-2H3. The van der Waals surface area contributed by atoms with Crippen LogP contribution >= 0.6 is 0 Å². The van der Waals surface area contributed by atoms with Gasteiger partial charge in [-0.2, -0.15) is 0 Å². The molecule has 2 rings (SSSR count). The molecule has 0 aliphatic carbocycles. The molecule has 0 spiro atoms. The van der Waals surface area contributed by atoms with Crippen LogP contribution in [0, 0.1) is 0 Å². The number of aromatic nitrogens is 1. The maximum absolute atomic E-state index is 4.46. The maximum atomic E-state index is 4.46. The molecule has 0 bridgehead atoms. The van der Waals surface area contributed by atoms with Gasteiger partial charge in [-0.05, 0) is 49.1 Å². The van der Waals surface area contributed by atoms with Crippen LogP contribution in [0.5, 0.6) is 0 Å². The summed E-state index contributed by atoms with van der Waals surface area (Å²) in [6.45, 7) is 5.47. The second-order valence-electron chi connectivity index (χ2n) is 5.55. The van der Waals surface area contributed by atoms with Crippen molar-refractivity contribution < 1.29 is 0 Å². The number of aryl methyl sites for hydroxylation is 1. The Balaban J connectivity index is 2.00. The molecule has 1 atom stereocenters. The van der Waals surface area contributed by atoms with Gasteiger partial charge >= 0.3 is 0 Å². The van der Waals surface area contributed by atoms with Gasteiger partial charge in [0.2, 0.25) is 0 Å². The van der Waals surface area contributed by atoms with Gasteiger partial charge in [0.05, 0.1) is 0 Å². The minimum Gasteiger partial charge on any atom is -0.313 e. The Hall–Kier alpha value is -1.67. The van der Waals surface area contributed by atoms with Crippen molar-refractivity contribution >= 4 is 0 Å². The predicted molar refractivity (Wildman–Crippen MR) is 89.5 cm³/mol. The monoisotopic (exact) mass is 282 g/mol. The molecule has 0 aliphatic rings. The van der Waals surface area contributed by atoms with Gasteiger partial charge in [0.1, 0.15) is 0 Å². The van der Waals surface area contributed by atoms with Crippen molar-refractivity contribution in [1.29, 1.82) is 0 Å². The molecule has 0 saturated carbocycles. The highest BCUT2D eigenvalue weighted by molar-refractivity contribution is 5.23. The zero-order valence-electron chi connectivity index (χ0n) is 13.2. The Morgan fingerprint density at radius 3 is 2.33 bits per heavy atom. The molecule has 0 saturated heterocycles. The van der Waals surface area contributed by atoms with Crippen molar-refractivity contribution in [2.45, 2.75) is 45.6 Å². The van der Waals surface area contributed by atoms with Crippen molar-refractivity contribution in [3.05, 3.63) is 65.5 Å². The largest absolute Gasteiger partial charge is 0.313 e. The topological polar surface area (TPSA) is 24.9 Å². The van der Waals surface area contributed by atoms with Crippen molar-refractivity contribution in [2.75, 3.05) is 6.54 Å². The van der Waals surface area contributed by atoms with Gasteiger partial charge in [-0.3, -0.25) is 4.98 Å². The summed E-state index contributed by atoms with van der Waals surface area (Å²) in [7, 11) is 0. The minimum absolute atomic E-state index is 0.451. The van der Waals surface area contributed by atoms with E-state index in [0.717, 1.165) is 37.9 Å². The highest BCUT2D eigenvalue weighted by Crippen LogP contribution is 2.10. The van der Waals surface area contributed by atoms with E-state index in [2.05, 4.69) is 60.5 Å². The number of benzene rings is 1. The third kappa shape index (κ3) is 5.31. The van der Waals surface area contributed by atoms with E-state index in [1.165, 1.54) is 11.1 Å². The predicted octanol–water partition coefficient (Wildman–Crippen LogP) is 3.80. The summed E-state index contributed by atoms with van der Waals surface area (Å²) in [6, 6.07) is 15.6. The van der Waals surface area contributed by atoms with E-state index < -0.39 is 0 Å². The molecule has 1 N–H and O–H groups in total. The average Bonchev–Trinajstić information content (AvgIpc) is 2.54. The summed E-state index contributed by atoms with van der Waals surface area (Å²) in [4.78, 5) is 4.46. The van der Waals surface area contributed by atoms with Gasteiger partial charge in [-0.15, -0.1) is 0 Å². The van der Waals surface area contributed by atoms with Gasteiger partial charge in [0, 0.05) is 24.4 Å². The van der Waals surface area contributed by atoms with Gasteiger partial charge in [0.25, 0.3) is 0 Å². The summed E-state index contributed by atoms with van der Waals surface area (Å²) in [5.41, 5.74) is 3.97. The van der Waals surface area contributed by atoms with Gasteiger partial charge in [-0.25, -0.2) is 0 Å². The number of hydrogen-bond acceptors (Lipinski definition) is 2. The van der Waals surface area contributed by atoms with Crippen molar-refractivity contribution in [3.63, 3.8) is 0 Å². The fourth-order valence-corrected chi connectivity index (χ4v) is 2.53. The third-order valence-electron chi connectivity index (χ3n) is 3.78. The smallest absolute Gasteiger partial charge is 0.0419 e. The third-order valence-corrected chi connectivity index (χ3v) is 3.78. The second-order valence-corrected chi connectivity index (χ2v) is 5.55. The number of nitrogens with zero attached hydrogens (tertiary/aromatic N) is 1. The summed E-state index contributed by atoms with van der Waals surface area (Å²) >= 11 is 0. The normalized spacial score (nSPS) is 12.3. The second kappa shape index (κ2) is 8.58. The van der Waals surface area contributed by atoms with Crippen molar-refractivity contribution in [3.8, 4) is 0 Å². The van der Waals surface area contributed by atoms with E-state index in [9.17, 15) is 0 Å². The molecular formula is C19H26N2. The van der Waals surface area contributed by atoms with Crippen LogP contribution in [0.4, 0.5) is 0 Å². The van der Waals surface area contributed by atoms with Crippen molar-refractivity contribution in [2.24, 2.45) is 0 Å². The molecule has 1 aromatic carbocycles. The first-order valence-corrected chi connectivity index (χ1v) is 8.03. The van der Waals surface area contributed by atoms with Crippen molar-refractivity contribution in [1.82, 2.24) is 10.3 Å². The summed E-state index contributed by atoms with van der Waals surface area (Å²) in [6.07, 6.45) is 6.18. The van der Waals surface area contributed by atoms with E-state index in [1.807, 2.05) is 12.3 Å². The van der Waals surface area contributed by atoms with Crippen LogP contribution in [0.2, 0.25) is 0 Å². The van der Waals surface area contributed by atoms with Crippen LogP contribution in [-0.2, 0) is 19.3 Å². The fraction of sp³-hybridized carbons (Fsp3) is 0.421. The SMILES string of the molecule is CCCNC(Cc1ccc(CC)cc1)Cc1ccccn1. The molecule has 112 valence electrons. The lowest BCUT2D eigenvalue weighted by Crippen LogP contribution is -2.34. The lowest BCUT2D eigenvalue weighted by Gasteiger charge is -2.18. The highest BCUT2D eigenvalue weighted by atomic mass is 14.9. The van der Waals surface area contributed by atoms with Gasteiger partial charge < -0.3 is 5.32 Å². The zero-order valence-corrected chi connectivity index (χ0v) is 13.2. The molecule has 1 aromatic heterocycles. The number of rotatable bonds is 8. The zero-order chi connectivity index (χ0) is 14.9. The summed E-state index contributed by atoms with van der Waals surface area (Å²) in [5, 5.41) is 3.65. The lowest BCUT2D eigenvalue weighted by molar-refractivity contribution is 0.500. The summed E-state index contributed by atoms with van der Waals surface area (Å²) in [5.74, 6) is 0. The Labute approximate surface area is 128 Å². The minimum atomic E-state index is 0.451. The summed E-state index contributed by atoms with van der Waals surface area (Å²) < 4.78 is 0. The molecule has 0 aliphatic heterocycles. The van der Waals surface area contributed by atoms with Gasteiger partial charge in [-0.1, -0.05) is 44.2 Å². The van der Waals surface area contributed by atoms with Crippen LogP contribution in [-0.4, -0.2) is 17.6 Å². The molecule has 21 heavy (non-hydrogen) atoms. The number of pyridine rings is 1. The van der Waals surface area contributed by atoms with E-state index in [1.54, 1.807) is 0 Å². The molecule has 1 heterocycles. The fourth-order valence-electron chi connectivity index (χ4n) is 2.53. The first-order chi connectivity index (χ1) is 10.3. The van der Waals surface area contributed by atoms with E-state index in [4.69, 9.17) is 0 Å². The van der Waals surface area contributed by atoms with Crippen LogP contribution in [0.15, 0.2) is 48.7 Å². The van der Waals surface area contributed by atoms with Crippen LogP contribution < -0.4 is 5.32 Å². The Kier molecular flexibility index (Phi) is 6.42. The molecule has 0 radical (unpaired) electrons. The first-order valence-electron chi connectivity index (χ1n) is 8.03. The molecule has 0 amide bonds. The molecule has 0 fully saturated rings. The number of nitrogens with one attached hydrogen (secondary N) is 1. The van der Waals surface area contributed by atoms with Crippen LogP contribution in [0.1, 0.15) is 37.1 Å². The first kappa shape index (κ1) is 15.7. The van der Waals surface area contributed by atoms with Crippen LogP contribution in [0.3, 0.4) is 0 Å². The van der Waals surface area contributed by atoms with E-state index >= 15 is 0 Å².